The Bertz CT molecular complexity index is 1080. The number of hydrogen-bond donors (Lipinski definition) is 1. The van der Waals surface area contributed by atoms with Gasteiger partial charge >= 0.3 is 0 Å². The van der Waals surface area contributed by atoms with Gasteiger partial charge in [-0.25, -0.2) is 9.67 Å². The molecule has 2 heterocycles. The average Bonchev–Trinajstić information content (AvgIpc) is 3.13. The van der Waals surface area contributed by atoms with Crippen LogP contribution < -0.4 is 10.5 Å². The smallest absolute Gasteiger partial charge is 0.248 e. The monoisotopic (exact) mass is 356 g/mol. The maximum atomic E-state index is 11.4. The molecule has 2 aromatic carbocycles. The Hall–Kier alpha value is -3.93. The minimum atomic E-state index is -0.507. The molecule has 0 aliphatic rings. The van der Waals surface area contributed by atoms with Crippen molar-refractivity contribution in [3.8, 4) is 28.6 Å². The van der Waals surface area contributed by atoms with E-state index < -0.39 is 5.91 Å². The van der Waals surface area contributed by atoms with Crippen LogP contribution in [0.25, 0.3) is 17.1 Å². The number of aromatic nitrogens is 3. The third-order valence-corrected chi connectivity index (χ3v) is 4.00. The second kappa shape index (κ2) is 7.13. The highest BCUT2D eigenvalue weighted by molar-refractivity contribution is 5.93. The van der Waals surface area contributed by atoms with E-state index in [1.165, 1.54) is 0 Å². The Kier molecular flexibility index (Phi) is 4.37. The highest BCUT2D eigenvalue weighted by Gasteiger charge is 2.17. The zero-order chi connectivity index (χ0) is 18.6. The number of carbonyl (C=O) groups is 1. The van der Waals surface area contributed by atoms with Crippen LogP contribution in [-0.4, -0.2) is 20.7 Å². The summed E-state index contributed by atoms with van der Waals surface area (Å²) in [5.41, 5.74) is 7.43. The lowest BCUT2D eigenvalue weighted by atomic mass is 10.1. The molecule has 6 nitrogen and oxygen atoms in total. The predicted molar refractivity (Wildman–Crippen MR) is 102 cm³/mol. The SMILES string of the molecule is NC(=O)c1cccc(Oc2cnn(-c3ccccn3)c2-c2ccccc2)c1. The fraction of sp³-hybridized carbons (Fsp3) is 0. The van der Waals surface area contributed by atoms with E-state index in [4.69, 9.17) is 10.5 Å². The van der Waals surface area contributed by atoms with Crippen LogP contribution in [0.4, 0.5) is 0 Å². The molecule has 0 radical (unpaired) electrons. The highest BCUT2D eigenvalue weighted by Crippen LogP contribution is 2.34. The molecule has 0 unspecified atom stereocenters. The molecule has 0 aliphatic carbocycles. The number of hydrogen-bond acceptors (Lipinski definition) is 4. The van der Waals surface area contributed by atoms with Crippen LogP contribution in [-0.2, 0) is 0 Å². The molecule has 6 heteroatoms. The standard InChI is InChI=1S/C21H16N4O2/c22-21(26)16-9-6-10-17(13-16)27-18-14-24-25(19-11-4-5-12-23-19)20(18)15-7-2-1-3-8-15/h1-14H,(H2,22,26). The number of benzene rings is 2. The Balaban J connectivity index is 1.81. The Morgan fingerprint density at radius 3 is 2.52 bits per heavy atom. The minimum absolute atomic E-state index is 0.380. The van der Waals surface area contributed by atoms with Crippen molar-refractivity contribution in [2.24, 2.45) is 5.73 Å². The second-order valence-corrected chi connectivity index (χ2v) is 5.82. The number of ether oxygens (including phenoxy) is 1. The Morgan fingerprint density at radius 1 is 0.963 bits per heavy atom. The Labute approximate surface area is 155 Å². The number of nitrogens with zero attached hydrogens (tertiary/aromatic N) is 3. The van der Waals surface area contributed by atoms with Gasteiger partial charge in [-0.2, -0.15) is 5.10 Å². The molecule has 2 aromatic heterocycles. The van der Waals surface area contributed by atoms with E-state index in [1.807, 2.05) is 48.5 Å². The van der Waals surface area contributed by atoms with E-state index in [-0.39, 0.29) is 0 Å². The van der Waals surface area contributed by atoms with Crippen molar-refractivity contribution in [3.05, 3.63) is 90.8 Å². The van der Waals surface area contributed by atoms with Gasteiger partial charge in [0.05, 0.1) is 6.20 Å². The number of pyridine rings is 1. The van der Waals surface area contributed by atoms with Gasteiger partial charge in [0, 0.05) is 17.3 Å². The summed E-state index contributed by atoms with van der Waals surface area (Å²) in [7, 11) is 0. The van der Waals surface area contributed by atoms with Crippen molar-refractivity contribution >= 4 is 5.91 Å². The average molecular weight is 356 g/mol. The first-order valence-electron chi connectivity index (χ1n) is 8.35. The number of rotatable bonds is 5. The molecule has 0 saturated carbocycles. The summed E-state index contributed by atoms with van der Waals surface area (Å²) < 4.78 is 7.76. The largest absolute Gasteiger partial charge is 0.453 e. The summed E-state index contributed by atoms with van der Waals surface area (Å²) in [4.78, 5) is 15.8. The van der Waals surface area contributed by atoms with E-state index in [0.717, 1.165) is 11.3 Å². The fourth-order valence-electron chi connectivity index (χ4n) is 2.76. The van der Waals surface area contributed by atoms with Crippen molar-refractivity contribution in [1.82, 2.24) is 14.8 Å². The molecule has 4 rings (SSSR count). The van der Waals surface area contributed by atoms with Gasteiger partial charge in [0.15, 0.2) is 11.6 Å². The van der Waals surface area contributed by atoms with Crippen LogP contribution >= 0.6 is 0 Å². The third kappa shape index (κ3) is 3.41. The van der Waals surface area contributed by atoms with Crippen molar-refractivity contribution in [3.63, 3.8) is 0 Å². The summed E-state index contributed by atoms with van der Waals surface area (Å²) in [6.07, 6.45) is 3.34. The molecular weight excluding hydrogens is 340 g/mol. The summed E-state index contributed by atoms with van der Waals surface area (Å²) in [5.74, 6) is 1.22. The lowest BCUT2D eigenvalue weighted by Crippen LogP contribution is -2.10. The van der Waals surface area contributed by atoms with E-state index in [1.54, 1.807) is 41.3 Å². The molecule has 0 saturated heterocycles. The van der Waals surface area contributed by atoms with Crippen LogP contribution in [0.1, 0.15) is 10.4 Å². The van der Waals surface area contributed by atoms with Gasteiger partial charge in [-0.3, -0.25) is 4.79 Å². The highest BCUT2D eigenvalue weighted by atomic mass is 16.5. The zero-order valence-corrected chi connectivity index (χ0v) is 14.3. The molecule has 0 aliphatic heterocycles. The molecule has 0 fully saturated rings. The predicted octanol–water partition coefficient (Wildman–Crippen LogP) is 3.83. The van der Waals surface area contributed by atoms with Crippen LogP contribution in [0.3, 0.4) is 0 Å². The molecule has 0 spiro atoms. The summed E-state index contributed by atoms with van der Waals surface area (Å²) in [6, 6.07) is 22.1. The van der Waals surface area contributed by atoms with E-state index in [9.17, 15) is 4.79 Å². The first-order chi connectivity index (χ1) is 13.2. The third-order valence-electron chi connectivity index (χ3n) is 4.00. The molecule has 4 aromatic rings. The van der Waals surface area contributed by atoms with E-state index >= 15 is 0 Å². The first-order valence-corrected chi connectivity index (χ1v) is 8.35. The van der Waals surface area contributed by atoms with Gasteiger partial charge in [-0.15, -0.1) is 0 Å². The second-order valence-electron chi connectivity index (χ2n) is 5.82. The van der Waals surface area contributed by atoms with Crippen LogP contribution in [0, 0.1) is 0 Å². The number of primary amides is 1. The lowest BCUT2D eigenvalue weighted by molar-refractivity contribution is 0.1000. The summed E-state index contributed by atoms with van der Waals surface area (Å²) in [5, 5.41) is 4.45. The Morgan fingerprint density at radius 2 is 1.78 bits per heavy atom. The van der Waals surface area contributed by atoms with Gasteiger partial charge in [0.1, 0.15) is 11.4 Å². The first kappa shape index (κ1) is 16.5. The molecule has 27 heavy (non-hydrogen) atoms. The number of amides is 1. The van der Waals surface area contributed by atoms with Crippen molar-refractivity contribution < 1.29 is 9.53 Å². The topological polar surface area (TPSA) is 83.0 Å². The van der Waals surface area contributed by atoms with Gasteiger partial charge in [0.2, 0.25) is 5.91 Å². The molecule has 0 bridgehead atoms. The molecule has 0 atom stereocenters. The van der Waals surface area contributed by atoms with Gasteiger partial charge < -0.3 is 10.5 Å². The van der Waals surface area contributed by atoms with Crippen molar-refractivity contribution in [2.75, 3.05) is 0 Å². The van der Waals surface area contributed by atoms with Crippen LogP contribution in [0.5, 0.6) is 11.5 Å². The van der Waals surface area contributed by atoms with Crippen molar-refractivity contribution in [1.29, 1.82) is 0 Å². The van der Waals surface area contributed by atoms with Gasteiger partial charge in [-0.05, 0) is 30.3 Å². The fourth-order valence-corrected chi connectivity index (χ4v) is 2.76. The summed E-state index contributed by atoms with van der Waals surface area (Å²) in [6.45, 7) is 0. The van der Waals surface area contributed by atoms with E-state index in [0.29, 0.717) is 22.9 Å². The normalized spacial score (nSPS) is 10.5. The molecule has 2 N–H and O–H groups in total. The molecule has 132 valence electrons. The molecule has 1 amide bonds. The minimum Gasteiger partial charge on any atom is -0.453 e. The van der Waals surface area contributed by atoms with Crippen molar-refractivity contribution in [2.45, 2.75) is 0 Å². The maximum Gasteiger partial charge on any atom is 0.248 e. The molecular formula is C21H16N4O2. The lowest BCUT2D eigenvalue weighted by Gasteiger charge is -2.10. The maximum absolute atomic E-state index is 11.4. The number of carbonyl (C=O) groups excluding carboxylic acids is 1. The number of nitrogens with two attached hydrogens (primary N) is 1. The van der Waals surface area contributed by atoms with Gasteiger partial charge in [0.25, 0.3) is 0 Å². The van der Waals surface area contributed by atoms with Gasteiger partial charge in [-0.1, -0.05) is 42.5 Å². The van der Waals surface area contributed by atoms with Crippen LogP contribution in [0.15, 0.2) is 85.2 Å². The zero-order valence-electron chi connectivity index (χ0n) is 14.3. The van der Waals surface area contributed by atoms with Crippen LogP contribution in [0.2, 0.25) is 0 Å². The quantitative estimate of drug-likeness (QED) is 0.589. The van der Waals surface area contributed by atoms with E-state index in [2.05, 4.69) is 10.1 Å². The summed E-state index contributed by atoms with van der Waals surface area (Å²) >= 11 is 0.